The van der Waals surface area contributed by atoms with Crippen molar-refractivity contribution >= 4 is 23.8 Å². The van der Waals surface area contributed by atoms with Crippen LogP contribution in [0.1, 0.15) is 27.1 Å². The lowest BCUT2D eigenvalue weighted by Crippen LogP contribution is -2.50. The van der Waals surface area contributed by atoms with E-state index in [4.69, 9.17) is 9.47 Å². The van der Waals surface area contributed by atoms with Gasteiger partial charge in [-0.1, -0.05) is 36.4 Å². The predicted molar refractivity (Wildman–Crippen MR) is 97.4 cm³/mol. The van der Waals surface area contributed by atoms with E-state index >= 15 is 0 Å². The van der Waals surface area contributed by atoms with Gasteiger partial charge < -0.3 is 19.5 Å². The predicted octanol–water partition coefficient (Wildman–Crippen LogP) is 1.96. The second-order valence-corrected chi connectivity index (χ2v) is 6.03. The maximum Gasteiger partial charge on any atom is 0.391 e. The Morgan fingerprint density at radius 3 is 1.54 bits per heavy atom. The van der Waals surface area contributed by atoms with Crippen molar-refractivity contribution in [3.63, 3.8) is 0 Å². The van der Waals surface area contributed by atoms with Crippen molar-refractivity contribution in [2.75, 3.05) is 14.1 Å². The first-order valence-corrected chi connectivity index (χ1v) is 8.25. The molecular weight excluding hydrogens is 366 g/mol. The van der Waals surface area contributed by atoms with Crippen molar-refractivity contribution in [1.82, 2.24) is 4.90 Å². The molecule has 0 radical (unpaired) electrons. The first-order valence-electron chi connectivity index (χ1n) is 8.25. The number of ether oxygens (including phenoxy) is 2. The topological polar surface area (TPSA) is 110 Å². The lowest BCUT2D eigenvalue weighted by Gasteiger charge is -2.29. The Bertz CT molecular complexity index is 809. The number of carbonyl (C=O) groups is 4. The summed E-state index contributed by atoms with van der Waals surface area (Å²) in [5.74, 6) is -7.40. The van der Waals surface area contributed by atoms with Crippen molar-refractivity contribution in [2.45, 2.75) is 12.2 Å². The van der Waals surface area contributed by atoms with E-state index < -0.39 is 36.0 Å². The van der Waals surface area contributed by atoms with Gasteiger partial charge in [-0.25, -0.2) is 14.4 Å². The minimum atomic E-state index is -2.82. The number of rotatable bonds is 7. The molecule has 0 aromatic heterocycles. The molecule has 0 bridgehead atoms. The van der Waals surface area contributed by atoms with Crippen molar-refractivity contribution in [3.8, 4) is 0 Å². The van der Waals surface area contributed by atoms with Crippen LogP contribution < -0.4 is 0 Å². The lowest BCUT2D eigenvalue weighted by molar-refractivity contribution is -0.208. The minimum Gasteiger partial charge on any atom is -0.475 e. The fraction of sp³-hybridized carbons (Fsp3) is 0.200. The van der Waals surface area contributed by atoms with Gasteiger partial charge in [0.1, 0.15) is 6.42 Å². The number of hydrogen-bond acceptors (Lipinski definition) is 6. The van der Waals surface area contributed by atoms with Gasteiger partial charge in [0.05, 0.1) is 11.1 Å². The minimum absolute atomic E-state index is 0.0428. The average Bonchev–Trinajstić information content (AvgIpc) is 2.68. The number of carboxylic acid groups (broad SMARTS) is 1. The normalized spacial score (nSPS) is 10.6. The Balaban J connectivity index is 2.39. The van der Waals surface area contributed by atoms with Gasteiger partial charge in [-0.05, 0) is 24.3 Å². The van der Waals surface area contributed by atoms with Crippen molar-refractivity contribution in [1.29, 1.82) is 0 Å². The largest absolute Gasteiger partial charge is 0.475 e. The summed E-state index contributed by atoms with van der Waals surface area (Å²) < 4.78 is 10.1. The third-order valence-corrected chi connectivity index (χ3v) is 3.74. The maximum absolute atomic E-state index is 12.4. The Labute approximate surface area is 161 Å². The van der Waals surface area contributed by atoms with Gasteiger partial charge in [0.25, 0.3) is 0 Å². The summed E-state index contributed by atoms with van der Waals surface area (Å²) in [6.45, 7) is 0. The zero-order valence-electron chi connectivity index (χ0n) is 15.3. The molecular formula is C20H19NO7. The third kappa shape index (κ3) is 4.94. The molecule has 1 N–H and O–H groups in total. The number of aliphatic carboxylic acids is 1. The Morgan fingerprint density at radius 2 is 1.21 bits per heavy atom. The highest BCUT2D eigenvalue weighted by Gasteiger charge is 2.50. The van der Waals surface area contributed by atoms with E-state index in [-0.39, 0.29) is 11.1 Å². The number of nitrogens with zero attached hydrogens (tertiary/aromatic N) is 1. The Morgan fingerprint density at radius 1 is 0.821 bits per heavy atom. The SMILES string of the molecule is CN(C)C(=O)CC(OC(=O)c1ccccc1)(OC(=O)c1ccccc1)C(=O)O. The van der Waals surface area contributed by atoms with E-state index in [2.05, 4.69) is 0 Å². The number of carboxylic acids is 1. The molecule has 0 heterocycles. The highest BCUT2D eigenvalue weighted by Crippen LogP contribution is 2.24. The van der Waals surface area contributed by atoms with Gasteiger partial charge >= 0.3 is 23.7 Å². The molecule has 8 heteroatoms. The zero-order valence-corrected chi connectivity index (χ0v) is 15.3. The van der Waals surface area contributed by atoms with E-state index in [0.29, 0.717) is 0 Å². The molecule has 0 unspecified atom stereocenters. The van der Waals surface area contributed by atoms with Crippen molar-refractivity contribution in [2.24, 2.45) is 0 Å². The summed E-state index contributed by atoms with van der Waals surface area (Å²) in [5.41, 5.74) is 0.0855. The van der Waals surface area contributed by atoms with Crippen molar-refractivity contribution in [3.05, 3.63) is 71.8 Å². The molecule has 0 spiro atoms. The Hall–Kier alpha value is -3.68. The molecule has 0 saturated heterocycles. The van der Waals surface area contributed by atoms with Gasteiger partial charge in [0, 0.05) is 14.1 Å². The number of amides is 1. The van der Waals surface area contributed by atoms with E-state index in [9.17, 15) is 24.3 Å². The summed E-state index contributed by atoms with van der Waals surface area (Å²) in [5, 5.41) is 9.72. The van der Waals surface area contributed by atoms with Gasteiger partial charge in [0.15, 0.2) is 0 Å². The van der Waals surface area contributed by atoms with Crippen LogP contribution in [-0.2, 0) is 19.1 Å². The molecule has 8 nitrogen and oxygen atoms in total. The van der Waals surface area contributed by atoms with Crippen LogP contribution in [0, 0.1) is 0 Å². The fourth-order valence-corrected chi connectivity index (χ4v) is 2.18. The molecule has 0 saturated carbocycles. The summed E-state index contributed by atoms with van der Waals surface area (Å²) in [6.07, 6.45) is -0.882. The summed E-state index contributed by atoms with van der Waals surface area (Å²) in [6, 6.07) is 15.2. The molecule has 0 aliphatic heterocycles. The van der Waals surface area contributed by atoms with E-state index in [1.807, 2.05) is 0 Å². The fourth-order valence-electron chi connectivity index (χ4n) is 2.18. The first-order chi connectivity index (χ1) is 13.2. The monoisotopic (exact) mass is 385 g/mol. The third-order valence-electron chi connectivity index (χ3n) is 3.74. The van der Waals surface area contributed by atoms with Gasteiger partial charge in [0.2, 0.25) is 5.91 Å². The summed E-state index contributed by atoms with van der Waals surface area (Å²) >= 11 is 0. The molecule has 146 valence electrons. The maximum atomic E-state index is 12.4. The second kappa shape index (κ2) is 8.81. The number of carbonyl (C=O) groups excluding carboxylic acids is 3. The van der Waals surface area contributed by atoms with Crippen molar-refractivity contribution < 1.29 is 33.8 Å². The van der Waals surface area contributed by atoms with Gasteiger partial charge in [-0.15, -0.1) is 0 Å². The molecule has 0 aliphatic rings. The highest BCUT2D eigenvalue weighted by atomic mass is 16.7. The first kappa shape index (κ1) is 20.6. The molecule has 0 atom stereocenters. The van der Waals surface area contributed by atoms with Gasteiger partial charge in [-0.3, -0.25) is 4.79 Å². The van der Waals surface area contributed by atoms with Crippen LogP contribution in [0.3, 0.4) is 0 Å². The number of esters is 2. The highest BCUT2D eigenvalue weighted by molar-refractivity contribution is 5.96. The van der Waals surface area contributed by atoms with Crippen LogP contribution in [0.2, 0.25) is 0 Å². The van der Waals surface area contributed by atoms with Crippen LogP contribution in [0.5, 0.6) is 0 Å². The van der Waals surface area contributed by atoms with Crippen LogP contribution in [0.15, 0.2) is 60.7 Å². The van der Waals surface area contributed by atoms with Crippen LogP contribution >= 0.6 is 0 Å². The number of hydrogen-bond donors (Lipinski definition) is 1. The average molecular weight is 385 g/mol. The molecule has 2 aromatic carbocycles. The second-order valence-electron chi connectivity index (χ2n) is 6.03. The molecule has 0 fully saturated rings. The van der Waals surface area contributed by atoms with Crippen LogP contribution in [0.4, 0.5) is 0 Å². The molecule has 2 aromatic rings. The molecule has 2 rings (SSSR count). The van der Waals surface area contributed by atoms with E-state index in [1.165, 1.54) is 38.4 Å². The van der Waals surface area contributed by atoms with Gasteiger partial charge in [-0.2, -0.15) is 0 Å². The smallest absolute Gasteiger partial charge is 0.391 e. The number of benzene rings is 2. The van der Waals surface area contributed by atoms with Crippen LogP contribution in [0.25, 0.3) is 0 Å². The Kier molecular flexibility index (Phi) is 6.49. The van der Waals surface area contributed by atoms with E-state index in [1.54, 1.807) is 36.4 Å². The molecule has 0 aliphatic carbocycles. The summed E-state index contributed by atoms with van der Waals surface area (Å²) in [7, 11) is 2.79. The molecule has 1 amide bonds. The summed E-state index contributed by atoms with van der Waals surface area (Å²) in [4.78, 5) is 50.1. The standard InChI is InChI=1S/C20H19NO7/c1-21(2)16(22)13-20(19(25)26,27-17(23)14-9-5-3-6-10-14)28-18(24)15-11-7-4-8-12-15/h3-12H,13H2,1-2H3,(H,25,26). The lowest BCUT2D eigenvalue weighted by atomic mass is 10.1. The van der Waals surface area contributed by atoms with Crippen LogP contribution in [-0.4, -0.2) is 53.7 Å². The van der Waals surface area contributed by atoms with E-state index in [0.717, 1.165) is 4.90 Å². The quantitative estimate of drug-likeness (QED) is 0.573. The molecule has 28 heavy (non-hydrogen) atoms. The zero-order chi connectivity index (χ0) is 20.7.